The lowest BCUT2D eigenvalue weighted by molar-refractivity contribution is -0.116. The number of hydrogen-bond acceptors (Lipinski definition) is 2. The number of anilines is 1. The molecule has 6 rings (SSSR count). The van der Waals surface area contributed by atoms with Crippen molar-refractivity contribution in [2.45, 2.75) is 38.5 Å². The predicted octanol–water partition coefficient (Wildman–Crippen LogP) is 4.91. The van der Waals surface area contributed by atoms with Gasteiger partial charge in [-0.1, -0.05) is 48.6 Å². The van der Waals surface area contributed by atoms with Gasteiger partial charge in [-0.05, 0) is 73.1 Å². The van der Waals surface area contributed by atoms with Crippen LogP contribution in [0.4, 0.5) is 5.69 Å². The Morgan fingerprint density at radius 2 is 1.59 bits per heavy atom. The van der Waals surface area contributed by atoms with Crippen LogP contribution in [0.15, 0.2) is 42.5 Å². The van der Waals surface area contributed by atoms with E-state index in [1.165, 1.54) is 38.5 Å². The van der Waals surface area contributed by atoms with E-state index in [4.69, 9.17) is 12.2 Å². The van der Waals surface area contributed by atoms with E-state index in [2.05, 4.69) is 22.8 Å². The molecule has 0 unspecified atom stereocenters. The summed E-state index contributed by atoms with van der Waals surface area (Å²) < 4.78 is 0. The molecule has 0 saturated heterocycles. The molecule has 0 atom stereocenters. The number of rotatable bonds is 3. The Balaban J connectivity index is 1.24. The lowest BCUT2D eigenvalue weighted by Gasteiger charge is -2.56. The molecule has 4 bridgehead atoms. The summed E-state index contributed by atoms with van der Waals surface area (Å²) >= 11 is 5.41. The Bertz CT molecular complexity index is 866. The summed E-state index contributed by atoms with van der Waals surface area (Å²) in [5.41, 5.74) is 1.22. The third-order valence-corrected chi connectivity index (χ3v) is 7.32. The maximum atomic E-state index is 12.7. The quantitative estimate of drug-likeness (QED) is 0.746. The molecule has 0 heterocycles. The van der Waals surface area contributed by atoms with Crippen LogP contribution in [0.2, 0.25) is 0 Å². The van der Waals surface area contributed by atoms with Crippen LogP contribution in [0.5, 0.6) is 0 Å². The van der Waals surface area contributed by atoms with Crippen LogP contribution >= 0.6 is 12.2 Å². The summed E-state index contributed by atoms with van der Waals surface area (Å²) in [6.07, 6.45) is 8.16. The van der Waals surface area contributed by atoms with Crippen molar-refractivity contribution < 1.29 is 4.79 Å². The van der Waals surface area contributed by atoms with Crippen molar-refractivity contribution >= 4 is 39.6 Å². The molecule has 0 spiro atoms. The van der Waals surface area contributed by atoms with Gasteiger partial charge in [-0.3, -0.25) is 4.79 Å². The molecule has 0 aromatic heterocycles. The first kappa shape index (κ1) is 17.2. The van der Waals surface area contributed by atoms with E-state index in [-0.39, 0.29) is 10.9 Å². The third kappa shape index (κ3) is 3.25. The minimum atomic E-state index is -0.145. The first-order valence-electron chi connectivity index (χ1n) is 10.2. The van der Waals surface area contributed by atoms with Gasteiger partial charge in [0.15, 0.2) is 4.99 Å². The Hall–Kier alpha value is -1.94. The highest BCUT2D eigenvalue weighted by molar-refractivity contribution is 7.82. The molecule has 4 aliphatic rings. The SMILES string of the molecule is O=C(NCC12CC3CC(CC(C3)C1)C2)C(=S)Nc1cccc2ccccc12. The van der Waals surface area contributed by atoms with E-state index >= 15 is 0 Å². The van der Waals surface area contributed by atoms with Gasteiger partial charge in [0.25, 0.3) is 5.91 Å². The number of fused-ring (bicyclic) bond motifs is 1. The lowest BCUT2D eigenvalue weighted by atomic mass is 9.49. The first-order chi connectivity index (χ1) is 13.1. The van der Waals surface area contributed by atoms with Crippen LogP contribution < -0.4 is 10.6 Å². The number of benzene rings is 2. The molecule has 2 aromatic rings. The van der Waals surface area contributed by atoms with Crippen LogP contribution in [0, 0.1) is 23.2 Å². The van der Waals surface area contributed by atoms with Crippen molar-refractivity contribution in [1.82, 2.24) is 5.32 Å². The minimum absolute atomic E-state index is 0.145. The predicted molar refractivity (Wildman–Crippen MR) is 114 cm³/mol. The Morgan fingerprint density at radius 3 is 2.30 bits per heavy atom. The smallest absolute Gasteiger partial charge is 0.279 e. The third-order valence-electron chi connectivity index (χ3n) is 7.03. The maximum Gasteiger partial charge on any atom is 0.279 e. The molecule has 4 fully saturated rings. The van der Waals surface area contributed by atoms with E-state index in [9.17, 15) is 4.79 Å². The van der Waals surface area contributed by atoms with Crippen molar-refractivity contribution in [3.05, 3.63) is 42.5 Å². The van der Waals surface area contributed by atoms with Crippen LogP contribution in [-0.2, 0) is 4.79 Å². The minimum Gasteiger partial charge on any atom is -0.349 e. The molecule has 4 heteroatoms. The number of carbonyl (C=O) groups excluding carboxylic acids is 1. The van der Waals surface area contributed by atoms with Gasteiger partial charge in [0.1, 0.15) is 0 Å². The molecule has 27 heavy (non-hydrogen) atoms. The molecule has 1 amide bonds. The molecular weight excluding hydrogens is 352 g/mol. The second-order valence-corrected chi connectivity index (χ2v) is 9.49. The van der Waals surface area contributed by atoms with E-state index < -0.39 is 0 Å². The molecule has 3 nitrogen and oxygen atoms in total. The molecule has 4 saturated carbocycles. The Morgan fingerprint density at radius 1 is 0.963 bits per heavy atom. The van der Waals surface area contributed by atoms with E-state index in [0.29, 0.717) is 5.41 Å². The fraction of sp³-hybridized carbons (Fsp3) is 0.478. The normalized spacial score (nSPS) is 31.0. The fourth-order valence-electron chi connectivity index (χ4n) is 6.37. The second kappa shape index (κ2) is 6.59. The van der Waals surface area contributed by atoms with Crippen molar-refractivity contribution in [1.29, 1.82) is 0 Å². The lowest BCUT2D eigenvalue weighted by Crippen LogP contribution is -2.52. The van der Waals surface area contributed by atoms with E-state index in [1.807, 2.05) is 30.3 Å². The molecule has 2 aromatic carbocycles. The first-order valence-corrected chi connectivity index (χ1v) is 10.6. The van der Waals surface area contributed by atoms with Gasteiger partial charge in [0.2, 0.25) is 0 Å². The number of nitrogens with one attached hydrogen (secondary N) is 2. The summed E-state index contributed by atoms with van der Waals surface area (Å²) in [5.74, 6) is 2.55. The monoisotopic (exact) mass is 378 g/mol. The average molecular weight is 379 g/mol. The average Bonchev–Trinajstić information content (AvgIpc) is 2.65. The van der Waals surface area contributed by atoms with Gasteiger partial charge in [0, 0.05) is 17.6 Å². The highest BCUT2D eigenvalue weighted by Gasteiger charge is 2.50. The van der Waals surface area contributed by atoms with Gasteiger partial charge in [-0.2, -0.15) is 0 Å². The summed E-state index contributed by atoms with van der Waals surface area (Å²) in [5, 5.41) is 8.55. The Labute approximate surface area is 165 Å². The maximum absolute atomic E-state index is 12.7. The fourth-order valence-corrected chi connectivity index (χ4v) is 6.55. The highest BCUT2D eigenvalue weighted by atomic mass is 32.1. The molecular formula is C23H26N2OS. The van der Waals surface area contributed by atoms with Gasteiger partial charge >= 0.3 is 0 Å². The van der Waals surface area contributed by atoms with Crippen molar-refractivity contribution in [3.8, 4) is 0 Å². The standard InChI is InChI=1S/C23H26N2OS/c26-21(22(27)25-20-7-3-5-18-4-1-2-6-19(18)20)24-14-23-11-15-8-16(12-23)10-17(9-15)13-23/h1-7,15-17H,8-14H2,(H,24,26)(H,25,27). The summed E-state index contributed by atoms with van der Waals surface area (Å²) in [4.78, 5) is 12.9. The largest absolute Gasteiger partial charge is 0.349 e. The molecule has 0 radical (unpaired) electrons. The van der Waals surface area contributed by atoms with Gasteiger partial charge < -0.3 is 10.6 Å². The molecule has 2 N–H and O–H groups in total. The zero-order valence-corrected chi connectivity index (χ0v) is 16.4. The summed E-state index contributed by atoms with van der Waals surface area (Å²) in [6.45, 7) is 0.784. The summed E-state index contributed by atoms with van der Waals surface area (Å²) in [7, 11) is 0. The molecule has 4 aliphatic carbocycles. The molecule has 0 aliphatic heterocycles. The van der Waals surface area contributed by atoms with Crippen molar-refractivity contribution in [3.63, 3.8) is 0 Å². The van der Waals surface area contributed by atoms with Crippen LogP contribution in [0.3, 0.4) is 0 Å². The zero-order valence-electron chi connectivity index (χ0n) is 15.5. The van der Waals surface area contributed by atoms with E-state index in [1.54, 1.807) is 0 Å². The van der Waals surface area contributed by atoms with Gasteiger partial charge in [-0.15, -0.1) is 0 Å². The van der Waals surface area contributed by atoms with Gasteiger partial charge in [0.05, 0.1) is 0 Å². The second-order valence-electron chi connectivity index (χ2n) is 9.08. The summed E-state index contributed by atoms with van der Waals surface area (Å²) in [6, 6.07) is 14.2. The Kier molecular flexibility index (Phi) is 4.19. The number of thiocarbonyl (C=S) groups is 1. The number of amides is 1. The topological polar surface area (TPSA) is 41.1 Å². The zero-order chi connectivity index (χ0) is 18.4. The van der Waals surface area contributed by atoms with Gasteiger partial charge in [-0.25, -0.2) is 0 Å². The van der Waals surface area contributed by atoms with Crippen molar-refractivity contribution in [2.24, 2.45) is 23.2 Å². The van der Waals surface area contributed by atoms with Crippen molar-refractivity contribution in [2.75, 3.05) is 11.9 Å². The van der Waals surface area contributed by atoms with Crippen LogP contribution in [-0.4, -0.2) is 17.4 Å². The number of hydrogen-bond donors (Lipinski definition) is 2. The van der Waals surface area contributed by atoms with Crippen LogP contribution in [0.1, 0.15) is 38.5 Å². The van der Waals surface area contributed by atoms with Crippen LogP contribution in [0.25, 0.3) is 10.8 Å². The van der Waals surface area contributed by atoms with E-state index in [0.717, 1.165) is 40.8 Å². The number of carbonyl (C=O) groups is 1. The highest BCUT2D eigenvalue weighted by Crippen LogP contribution is 2.59. The molecule has 140 valence electrons.